The number of ether oxygens (including phenoxy) is 1. The van der Waals surface area contributed by atoms with Crippen molar-refractivity contribution < 1.29 is 9.53 Å². The van der Waals surface area contributed by atoms with Gasteiger partial charge in [0.15, 0.2) is 0 Å². The van der Waals surface area contributed by atoms with Crippen LogP contribution in [0.25, 0.3) is 0 Å². The molecule has 0 spiro atoms. The third-order valence-corrected chi connectivity index (χ3v) is 2.34. The first-order chi connectivity index (χ1) is 7.79. The summed E-state index contributed by atoms with van der Waals surface area (Å²) >= 11 is 0. The molecule has 0 saturated carbocycles. The summed E-state index contributed by atoms with van der Waals surface area (Å²) in [5.74, 6) is 0.566. The predicted octanol–water partition coefficient (Wildman–Crippen LogP) is 3.48. The normalized spacial score (nSPS) is 11.4. The van der Waals surface area contributed by atoms with Crippen LogP contribution in [0.5, 0.6) is 5.75 Å². The van der Waals surface area contributed by atoms with E-state index in [0.29, 0.717) is 5.75 Å². The quantitative estimate of drug-likeness (QED) is 0.852. The Hall–Kier alpha value is -1.51. The van der Waals surface area contributed by atoms with Gasteiger partial charge in [0.2, 0.25) is 0 Å². The van der Waals surface area contributed by atoms with Gasteiger partial charge in [-0.2, -0.15) is 0 Å². The Bertz CT molecular complexity index is 374. The highest BCUT2D eigenvalue weighted by atomic mass is 16.6. The molecule has 1 N–H and O–H groups in total. The van der Waals surface area contributed by atoms with Crippen LogP contribution in [0.15, 0.2) is 24.3 Å². The van der Waals surface area contributed by atoms with Gasteiger partial charge in [-0.05, 0) is 37.0 Å². The molecule has 94 valence electrons. The van der Waals surface area contributed by atoms with Crippen LogP contribution >= 0.6 is 0 Å². The van der Waals surface area contributed by atoms with E-state index >= 15 is 0 Å². The molecule has 0 radical (unpaired) electrons. The van der Waals surface area contributed by atoms with E-state index in [1.54, 1.807) is 0 Å². The monoisotopic (exact) mass is 235 g/mol. The molecule has 1 aromatic carbocycles. The Kier molecular flexibility index (Phi) is 4.16. The highest BCUT2D eigenvalue weighted by Crippen LogP contribution is 2.24. The average molecular weight is 235 g/mol. The molecule has 0 aliphatic heterocycles. The molecule has 3 heteroatoms. The van der Waals surface area contributed by atoms with Crippen molar-refractivity contribution in [3.8, 4) is 5.75 Å². The highest BCUT2D eigenvalue weighted by Gasteiger charge is 2.13. The maximum Gasteiger partial charge on any atom is 0.412 e. The lowest BCUT2D eigenvalue weighted by Gasteiger charge is -2.19. The van der Waals surface area contributed by atoms with Crippen molar-refractivity contribution in [1.82, 2.24) is 5.32 Å². The van der Waals surface area contributed by atoms with Gasteiger partial charge in [0.05, 0.1) is 0 Å². The minimum absolute atomic E-state index is 0.0800. The fraction of sp³-hybridized carbons (Fsp3) is 0.500. The molecule has 0 aliphatic rings. The molecule has 0 saturated heterocycles. The second-order valence-electron chi connectivity index (χ2n) is 5.46. The fourth-order valence-electron chi connectivity index (χ4n) is 1.40. The molecule has 0 aromatic heterocycles. The SMILES string of the molecule is CC(C)NC(=O)Oc1ccc(C(C)(C)C)cc1. The third-order valence-electron chi connectivity index (χ3n) is 2.34. The predicted molar refractivity (Wildman–Crippen MR) is 69.4 cm³/mol. The van der Waals surface area contributed by atoms with E-state index in [9.17, 15) is 4.79 Å². The lowest BCUT2D eigenvalue weighted by Crippen LogP contribution is -2.32. The summed E-state index contributed by atoms with van der Waals surface area (Å²) in [6, 6.07) is 7.69. The summed E-state index contributed by atoms with van der Waals surface area (Å²) < 4.78 is 5.14. The van der Waals surface area contributed by atoms with E-state index in [-0.39, 0.29) is 11.5 Å². The molecular weight excluding hydrogens is 214 g/mol. The number of hydrogen-bond acceptors (Lipinski definition) is 2. The Labute approximate surface area is 103 Å². The molecule has 0 heterocycles. The second-order valence-corrected chi connectivity index (χ2v) is 5.46. The topological polar surface area (TPSA) is 38.3 Å². The van der Waals surface area contributed by atoms with E-state index in [2.05, 4.69) is 26.1 Å². The van der Waals surface area contributed by atoms with Crippen LogP contribution in [0.3, 0.4) is 0 Å². The average Bonchev–Trinajstić information content (AvgIpc) is 2.15. The van der Waals surface area contributed by atoms with E-state index in [1.807, 2.05) is 38.1 Å². The van der Waals surface area contributed by atoms with Gasteiger partial charge in [0.25, 0.3) is 0 Å². The van der Waals surface area contributed by atoms with Crippen LogP contribution in [-0.2, 0) is 5.41 Å². The fourth-order valence-corrected chi connectivity index (χ4v) is 1.40. The van der Waals surface area contributed by atoms with Crippen molar-refractivity contribution in [1.29, 1.82) is 0 Å². The zero-order valence-electron chi connectivity index (χ0n) is 11.2. The summed E-state index contributed by atoms with van der Waals surface area (Å²) in [7, 11) is 0. The van der Waals surface area contributed by atoms with E-state index < -0.39 is 6.09 Å². The van der Waals surface area contributed by atoms with Crippen molar-refractivity contribution >= 4 is 6.09 Å². The highest BCUT2D eigenvalue weighted by molar-refractivity contribution is 5.70. The summed E-state index contributed by atoms with van der Waals surface area (Å²) in [6.07, 6.45) is -0.413. The molecule has 1 amide bonds. The van der Waals surface area contributed by atoms with Crippen molar-refractivity contribution in [2.75, 3.05) is 0 Å². The summed E-state index contributed by atoms with van der Waals surface area (Å²) in [5, 5.41) is 2.67. The Balaban J connectivity index is 2.66. The van der Waals surface area contributed by atoms with Crippen molar-refractivity contribution in [2.24, 2.45) is 0 Å². The van der Waals surface area contributed by atoms with Crippen molar-refractivity contribution in [2.45, 2.75) is 46.1 Å². The number of amides is 1. The molecule has 0 bridgehead atoms. The summed E-state index contributed by atoms with van der Waals surface area (Å²) in [6.45, 7) is 10.2. The summed E-state index contributed by atoms with van der Waals surface area (Å²) in [4.78, 5) is 11.4. The van der Waals surface area contributed by atoms with Gasteiger partial charge in [-0.15, -0.1) is 0 Å². The molecule has 0 aliphatic carbocycles. The Morgan fingerprint density at radius 3 is 2.12 bits per heavy atom. The standard InChI is InChI=1S/C14H21NO2/c1-10(2)15-13(16)17-12-8-6-11(7-9-12)14(3,4)5/h6-10H,1-5H3,(H,15,16). The van der Waals surface area contributed by atoms with Crippen LogP contribution in [0, 0.1) is 0 Å². The largest absolute Gasteiger partial charge is 0.412 e. The van der Waals surface area contributed by atoms with Crippen molar-refractivity contribution in [3.63, 3.8) is 0 Å². The first-order valence-corrected chi connectivity index (χ1v) is 5.88. The van der Waals surface area contributed by atoms with Crippen LogP contribution < -0.4 is 10.1 Å². The third kappa shape index (κ3) is 4.47. The molecule has 0 fully saturated rings. The van der Waals surface area contributed by atoms with Gasteiger partial charge in [-0.25, -0.2) is 4.79 Å². The van der Waals surface area contributed by atoms with Crippen LogP contribution in [0.1, 0.15) is 40.2 Å². The Morgan fingerprint density at radius 1 is 1.18 bits per heavy atom. The van der Waals surface area contributed by atoms with Gasteiger partial charge in [0.1, 0.15) is 5.75 Å². The molecule has 1 aromatic rings. The molecule has 0 unspecified atom stereocenters. The maximum absolute atomic E-state index is 11.4. The molecule has 3 nitrogen and oxygen atoms in total. The zero-order valence-corrected chi connectivity index (χ0v) is 11.2. The number of carbonyl (C=O) groups excluding carboxylic acids is 1. The molecule has 0 atom stereocenters. The van der Waals surface area contributed by atoms with Gasteiger partial charge < -0.3 is 10.1 Å². The van der Waals surface area contributed by atoms with E-state index in [4.69, 9.17) is 4.74 Å². The van der Waals surface area contributed by atoms with Crippen LogP contribution in [0.2, 0.25) is 0 Å². The number of carbonyl (C=O) groups is 1. The summed E-state index contributed by atoms with van der Waals surface area (Å²) in [5.41, 5.74) is 1.33. The number of rotatable bonds is 2. The number of benzene rings is 1. The smallest absolute Gasteiger partial charge is 0.410 e. The van der Waals surface area contributed by atoms with Crippen molar-refractivity contribution in [3.05, 3.63) is 29.8 Å². The van der Waals surface area contributed by atoms with Gasteiger partial charge in [-0.1, -0.05) is 32.9 Å². The van der Waals surface area contributed by atoms with E-state index in [1.165, 1.54) is 5.56 Å². The Morgan fingerprint density at radius 2 is 1.71 bits per heavy atom. The first kappa shape index (κ1) is 13.6. The van der Waals surface area contributed by atoms with Gasteiger partial charge in [-0.3, -0.25) is 0 Å². The van der Waals surface area contributed by atoms with Gasteiger partial charge in [0, 0.05) is 6.04 Å². The minimum Gasteiger partial charge on any atom is -0.410 e. The number of nitrogens with one attached hydrogen (secondary N) is 1. The molecule has 1 rings (SSSR count). The maximum atomic E-state index is 11.4. The van der Waals surface area contributed by atoms with Crippen LogP contribution in [-0.4, -0.2) is 12.1 Å². The number of hydrogen-bond donors (Lipinski definition) is 1. The minimum atomic E-state index is -0.413. The second kappa shape index (κ2) is 5.21. The lowest BCUT2D eigenvalue weighted by molar-refractivity contribution is 0.197. The molecule has 17 heavy (non-hydrogen) atoms. The lowest BCUT2D eigenvalue weighted by atomic mass is 9.87. The van der Waals surface area contributed by atoms with Crippen LogP contribution in [0.4, 0.5) is 4.79 Å². The van der Waals surface area contributed by atoms with Gasteiger partial charge >= 0.3 is 6.09 Å². The van der Waals surface area contributed by atoms with E-state index in [0.717, 1.165) is 0 Å². The zero-order chi connectivity index (χ0) is 13.1. The first-order valence-electron chi connectivity index (χ1n) is 5.88. The molecular formula is C14H21NO2.